The predicted octanol–water partition coefficient (Wildman–Crippen LogP) is 3.63. The molecule has 0 saturated heterocycles. The van der Waals surface area contributed by atoms with E-state index in [2.05, 4.69) is 10.3 Å². The summed E-state index contributed by atoms with van der Waals surface area (Å²) in [7, 11) is 0. The van der Waals surface area contributed by atoms with E-state index in [1.165, 1.54) is 0 Å². The molecule has 2 aromatic carbocycles. The highest BCUT2D eigenvalue weighted by Crippen LogP contribution is 2.25. The Morgan fingerprint density at radius 2 is 1.75 bits per heavy atom. The Labute approximate surface area is 163 Å². The van der Waals surface area contributed by atoms with Gasteiger partial charge in [0.25, 0.3) is 5.91 Å². The van der Waals surface area contributed by atoms with Crippen LogP contribution in [0.1, 0.15) is 5.69 Å². The van der Waals surface area contributed by atoms with Crippen LogP contribution in [-0.4, -0.2) is 35.5 Å². The first kappa shape index (κ1) is 17.9. The molecule has 3 aromatic rings. The van der Waals surface area contributed by atoms with Gasteiger partial charge in [-0.25, -0.2) is 4.98 Å². The van der Waals surface area contributed by atoms with Crippen molar-refractivity contribution < 1.29 is 14.3 Å². The molecule has 0 bridgehead atoms. The van der Waals surface area contributed by atoms with Crippen molar-refractivity contribution in [3.05, 3.63) is 78.5 Å². The van der Waals surface area contributed by atoms with Crippen LogP contribution in [0.2, 0.25) is 0 Å². The van der Waals surface area contributed by atoms with Crippen molar-refractivity contribution >= 4 is 17.4 Å². The Bertz CT molecular complexity index is 932. The third kappa shape index (κ3) is 4.40. The van der Waals surface area contributed by atoms with Gasteiger partial charge in [0.05, 0.1) is 13.1 Å². The molecule has 1 amide bonds. The van der Waals surface area contributed by atoms with Crippen molar-refractivity contribution in [2.24, 2.45) is 0 Å². The van der Waals surface area contributed by atoms with Crippen molar-refractivity contribution in [3.63, 3.8) is 0 Å². The zero-order valence-electron chi connectivity index (χ0n) is 15.4. The summed E-state index contributed by atoms with van der Waals surface area (Å²) < 4.78 is 11.4. The minimum atomic E-state index is -0.0766. The number of fused-ring (bicyclic) bond motifs is 1. The van der Waals surface area contributed by atoms with E-state index in [9.17, 15) is 4.79 Å². The number of ether oxygens (including phenoxy) is 2. The van der Waals surface area contributed by atoms with Gasteiger partial charge in [-0.1, -0.05) is 36.4 Å². The molecule has 0 radical (unpaired) electrons. The van der Waals surface area contributed by atoms with Crippen LogP contribution in [0, 0.1) is 0 Å². The maximum atomic E-state index is 12.4. The lowest BCUT2D eigenvalue weighted by Gasteiger charge is -2.20. The average Bonchev–Trinajstić information content (AvgIpc) is 2.88. The third-order valence-electron chi connectivity index (χ3n) is 4.40. The summed E-state index contributed by atoms with van der Waals surface area (Å²) in [6.07, 6.45) is 0. The number of amides is 1. The molecule has 2 heterocycles. The van der Waals surface area contributed by atoms with E-state index < -0.39 is 0 Å². The summed E-state index contributed by atoms with van der Waals surface area (Å²) in [5.41, 5.74) is 1.68. The first-order valence-electron chi connectivity index (χ1n) is 9.18. The molecule has 0 fully saturated rings. The Morgan fingerprint density at radius 1 is 1.00 bits per heavy atom. The standard InChI is InChI=1S/C22H21N3O3/c26-22-16-28-20-11-12-21(23-17-7-3-1-4-8-17)24-19(20)15-25(22)13-14-27-18-9-5-2-6-10-18/h1-12H,13-16H2,(H,23,24). The minimum Gasteiger partial charge on any atom is -0.492 e. The molecular weight excluding hydrogens is 354 g/mol. The number of carbonyl (C=O) groups excluding carboxylic acids is 1. The smallest absolute Gasteiger partial charge is 0.260 e. The molecule has 1 aliphatic rings. The Kier molecular flexibility index (Phi) is 5.38. The second-order valence-electron chi connectivity index (χ2n) is 6.40. The van der Waals surface area contributed by atoms with E-state index in [1.807, 2.05) is 72.8 Å². The first-order chi connectivity index (χ1) is 13.8. The fourth-order valence-corrected chi connectivity index (χ4v) is 2.97. The molecule has 0 spiro atoms. The third-order valence-corrected chi connectivity index (χ3v) is 4.40. The number of aromatic nitrogens is 1. The van der Waals surface area contributed by atoms with Crippen LogP contribution in [-0.2, 0) is 11.3 Å². The summed E-state index contributed by atoms with van der Waals surface area (Å²) >= 11 is 0. The number of nitrogens with zero attached hydrogens (tertiary/aromatic N) is 2. The van der Waals surface area contributed by atoms with Gasteiger partial charge in [0.15, 0.2) is 6.61 Å². The van der Waals surface area contributed by atoms with Gasteiger partial charge in [-0.15, -0.1) is 0 Å². The van der Waals surface area contributed by atoms with Crippen molar-refractivity contribution in [1.82, 2.24) is 9.88 Å². The number of carbonyl (C=O) groups is 1. The van der Waals surface area contributed by atoms with Gasteiger partial charge in [0.2, 0.25) is 0 Å². The van der Waals surface area contributed by atoms with Crippen molar-refractivity contribution in [3.8, 4) is 11.5 Å². The Balaban J connectivity index is 1.43. The number of hydrogen-bond acceptors (Lipinski definition) is 5. The first-order valence-corrected chi connectivity index (χ1v) is 9.18. The van der Waals surface area contributed by atoms with Gasteiger partial charge in [-0.2, -0.15) is 0 Å². The van der Waals surface area contributed by atoms with Gasteiger partial charge in [-0.3, -0.25) is 4.79 Å². The number of nitrogens with one attached hydrogen (secondary N) is 1. The topological polar surface area (TPSA) is 63.7 Å². The van der Waals surface area contributed by atoms with E-state index in [0.717, 1.165) is 17.1 Å². The van der Waals surface area contributed by atoms with Crippen LogP contribution in [0.15, 0.2) is 72.8 Å². The highest BCUT2D eigenvalue weighted by Gasteiger charge is 2.22. The van der Waals surface area contributed by atoms with Crippen molar-refractivity contribution in [2.75, 3.05) is 25.1 Å². The lowest BCUT2D eigenvalue weighted by Crippen LogP contribution is -2.35. The number of pyridine rings is 1. The maximum absolute atomic E-state index is 12.4. The molecule has 28 heavy (non-hydrogen) atoms. The molecule has 4 rings (SSSR count). The van der Waals surface area contributed by atoms with Gasteiger partial charge in [-0.05, 0) is 36.4 Å². The van der Waals surface area contributed by atoms with E-state index in [1.54, 1.807) is 4.90 Å². The summed E-state index contributed by atoms with van der Waals surface area (Å²) in [5, 5.41) is 3.27. The summed E-state index contributed by atoms with van der Waals surface area (Å²) in [4.78, 5) is 18.8. The largest absolute Gasteiger partial charge is 0.492 e. The van der Waals surface area contributed by atoms with Crippen LogP contribution in [0.25, 0.3) is 0 Å². The number of benzene rings is 2. The fraction of sp³-hybridized carbons (Fsp3) is 0.182. The van der Waals surface area contributed by atoms with E-state index in [4.69, 9.17) is 9.47 Å². The summed E-state index contributed by atoms with van der Waals surface area (Å²) in [6.45, 7) is 1.27. The highest BCUT2D eigenvalue weighted by atomic mass is 16.5. The molecule has 0 aliphatic carbocycles. The fourth-order valence-electron chi connectivity index (χ4n) is 2.97. The van der Waals surface area contributed by atoms with E-state index in [0.29, 0.717) is 31.3 Å². The zero-order chi connectivity index (χ0) is 19.2. The summed E-state index contributed by atoms with van der Waals surface area (Å²) in [5.74, 6) is 2.06. The average molecular weight is 375 g/mol. The molecule has 142 valence electrons. The van der Waals surface area contributed by atoms with Gasteiger partial charge < -0.3 is 19.7 Å². The predicted molar refractivity (Wildman–Crippen MR) is 107 cm³/mol. The second-order valence-corrected chi connectivity index (χ2v) is 6.40. The zero-order valence-corrected chi connectivity index (χ0v) is 15.4. The van der Waals surface area contributed by atoms with Crippen LogP contribution in [0.4, 0.5) is 11.5 Å². The molecule has 0 atom stereocenters. The lowest BCUT2D eigenvalue weighted by atomic mass is 10.3. The molecule has 6 heteroatoms. The molecule has 1 N–H and O–H groups in total. The molecule has 0 saturated carbocycles. The Hall–Kier alpha value is -3.54. The summed E-state index contributed by atoms with van der Waals surface area (Å²) in [6, 6.07) is 23.1. The monoisotopic (exact) mass is 375 g/mol. The molecule has 1 aliphatic heterocycles. The number of para-hydroxylation sites is 2. The number of hydrogen-bond donors (Lipinski definition) is 1. The van der Waals surface area contributed by atoms with Crippen molar-refractivity contribution in [1.29, 1.82) is 0 Å². The molecule has 1 aromatic heterocycles. The van der Waals surface area contributed by atoms with Gasteiger partial charge >= 0.3 is 0 Å². The lowest BCUT2D eigenvalue weighted by molar-refractivity contribution is -0.133. The number of anilines is 2. The molecular formula is C22H21N3O3. The van der Waals surface area contributed by atoms with E-state index >= 15 is 0 Å². The van der Waals surface area contributed by atoms with Crippen LogP contribution < -0.4 is 14.8 Å². The highest BCUT2D eigenvalue weighted by molar-refractivity contribution is 5.78. The van der Waals surface area contributed by atoms with Crippen molar-refractivity contribution in [2.45, 2.75) is 6.54 Å². The second kappa shape index (κ2) is 8.43. The Morgan fingerprint density at radius 3 is 2.54 bits per heavy atom. The minimum absolute atomic E-state index is 0.00543. The van der Waals surface area contributed by atoms with Gasteiger partial charge in [0, 0.05) is 5.69 Å². The maximum Gasteiger partial charge on any atom is 0.260 e. The van der Waals surface area contributed by atoms with Crippen LogP contribution >= 0.6 is 0 Å². The van der Waals surface area contributed by atoms with Crippen LogP contribution in [0.3, 0.4) is 0 Å². The molecule has 6 nitrogen and oxygen atoms in total. The van der Waals surface area contributed by atoms with Crippen LogP contribution in [0.5, 0.6) is 11.5 Å². The molecule has 0 unspecified atom stereocenters. The SMILES string of the molecule is O=C1COc2ccc(Nc3ccccc3)nc2CN1CCOc1ccccc1. The van der Waals surface area contributed by atoms with Gasteiger partial charge in [0.1, 0.15) is 29.6 Å². The van der Waals surface area contributed by atoms with E-state index in [-0.39, 0.29) is 12.5 Å². The quantitative estimate of drug-likeness (QED) is 0.713. The number of rotatable bonds is 6. The normalized spacial score (nSPS) is 13.3.